The Bertz CT molecular complexity index is 640. The number of halogens is 4. The smallest absolute Gasteiger partial charge is 0.380 e. The highest BCUT2D eigenvalue weighted by molar-refractivity contribution is 9.09. The molecule has 1 rings (SSSR count). The summed E-state index contributed by atoms with van der Waals surface area (Å²) in [5.74, 6) is 5.44. The Balaban J connectivity index is 2.53. The number of rotatable bonds is 9. The molecule has 1 aromatic rings. The maximum atomic E-state index is 12.9. The summed E-state index contributed by atoms with van der Waals surface area (Å²) in [5.41, 5.74) is 4.16. The number of alkyl halides is 4. The number of nitrogens with two attached hydrogens (primary N) is 1. The zero-order chi connectivity index (χ0) is 19.4. The molecule has 0 fully saturated rings. The Morgan fingerprint density at radius 3 is 2.54 bits per heavy atom. The Morgan fingerprint density at radius 1 is 1.15 bits per heavy atom. The number of carbonyl (C=O) groups is 1. The zero-order valence-electron chi connectivity index (χ0n) is 14.3. The highest BCUT2D eigenvalue weighted by Crippen LogP contribution is 2.31. The number of hydrogen-bond donors (Lipinski definition) is 2. The highest BCUT2D eigenvalue weighted by atomic mass is 79.9. The summed E-state index contributed by atoms with van der Waals surface area (Å²) in [6, 6.07) is 2.16. The summed E-state index contributed by atoms with van der Waals surface area (Å²) < 4.78 is 44.2. The molecule has 0 aromatic heterocycles. The summed E-state index contributed by atoms with van der Waals surface area (Å²) in [5, 5.41) is 3.15. The van der Waals surface area contributed by atoms with Gasteiger partial charge >= 0.3 is 12.2 Å². The first kappa shape index (κ1) is 22.3. The first-order valence-corrected chi connectivity index (χ1v) is 9.36. The molecule has 0 unspecified atom stereocenters. The fourth-order valence-corrected chi connectivity index (χ4v) is 2.52. The SMILES string of the molecule is NC(=O)Nc1cc(C#CCCOCCCCCCBr)cc(C(F)(F)F)c1. The van der Waals surface area contributed by atoms with E-state index in [0.29, 0.717) is 19.6 Å². The fourth-order valence-electron chi connectivity index (χ4n) is 2.12. The molecule has 1 aromatic carbocycles. The standard InChI is InChI=1S/C18H22BrF3N2O2/c19-8-4-1-2-5-9-26-10-6-3-7-14-11-15(18(20,21)22)13-16(12-14)24-17(23)25/h11-13H,1-2,4-6,8-10H2,(H3,23,24,25). The molecule has 2 amide bonds. The third-order valence-electron chi connectivity index (χ3n) is 3.30. The zero-order valence-corrected chi connectivity index (χ0v) is 15.9. The monoisotopic (exact) mass is 434 g/mol. The number of primary amides is 1. The Hall–Kier alpha value is -1.72. The van der Waals surface area contributed by atoms with Crippen molar-refractivity contribution >= 4 is 27.6 Å². The number of anilines is 1. The average molecular weight is 435 g/mol. The van der Waals surface area contributed by atoms with Gasteiger partial charge in [-0.3, -0.25) is 0 Å². The van der Waals surface area contributed by atoms with Crippen molar-refractivity contribution in [3.8, 4) is 11.8 Å². The van der Waals surface area contributed by atoms with Crippen molar-refractivity contribution < 1.29 is 22.7 Å². The number of ether oxygens (including phenoxy) is 1. The third-order valence-corrected chi connectivity index (χ3v) is 3.87. The molecule has 0 atom stereocenters. The lowest BCUT2D eigenvalue weighted by Gasteiger charge is -2.10. The number of benzene rings is 1. The Labute approximate surface area is 159 Å². The molecule has 0 saturated carbocycles. The number of hydrogen-bond acceptors (Lipinski definition) is 2. The van der Waals surface area contributed by atoms with Gasteiger partial charge in [-0.25, -0.2) is 4.79 Å². The normalized spacial score (nSPS) is 10.9. The Morgan fingerprint density at radius 2 is 1.88 bits per heavy atom. The second-order valence-corrected chi connectivity index (χ2v) is 6.35. The minimum absolute atomic E-state index is 0.0450. The lowest BCUT2D eigenvalue weighted by atomic mass is 10.1. The maximum Gasteiger partial charge on any atom is 0.416 e. The molecule has 144 valence electrons. The van der Waals surface area contributed by atoms with Crippen molar-refractivity contribution in [1.82, 2.24) is 0 Å². The largest absolute Gasteiger partial charge is 0.416 e. The van der Waals surface area contributed by atoms with E-state index in [1.54, 1.807) is 0 Å². The van der Waals surface area contributed by atoms with E-state index in [1.165, 1.54) is 6.07 Å². The maximum absolute atomic E-state index is 12.9. The van der Waals surface area contributed by atoms with Crippen molar-refractivity contribution in [3.05, 3.63) is 29.3 Å². The van der Waals surface area contributed by atoms with Gasteiger partial charge in [-0.2, -0.15) is 13.2 Å². The van der Waals surface area contributed by atoms with Crippen LogP contribution < -0.4 is 11.1 Å². The van der Waals surface area contributed by atoms with Gasteiger partial charge in [0.1, 0.15) is 0 Å². The van der Waals surface area contributed by atoms with E-state index in [1.807, 2.05) is 0 Å². The molecule has 26 heavy (non-hydrogen) atoms. The molecule has 0 aliphatic heterocycles. The van der Waals surface area contributed by atoms with Crippen LogP contribution in [0.5, 0.6) is 0 Å². The number of nitrogens with one attached hydrogen (secondary N) is 1. The van der Waals surface area contributed by atoms with Crippen LogP contribution in [0.25, 0.3) is 0 Å². The topological polar surface area (TPSA) is 64.4 Å². The summed E-state index contributed by atoms with van der Waals surface area (Å²) in [7, 11) is 0. The van der Waals surface area contributed by atoms with E-state index < -0.39 is 17.8 Å². The molecular weight excluding hydrogens is 413 g/mol. The van der Waals surface area contributed by atoms with E-state index in [0.717, 1.165) is 43.1 Å². The van der Waals surface area contributed by atoms with Crippen LogP contribution in [0.15, 0.2) is 18.2 Å². The first-order valence-electron chi connectivity index (χ1n) is 8.24. The number of amides is 2. The van der Waals surface area contributed by atoms with Gasteiger partial charge in [0.05, 0.1) is 12.2 Å². The van der Waals surface area contributed by atoms with Gasteiger partial charge < -0.3 is 15.8 Å². The second kappa shape index (κ2) is 11.8. The van der Waals surface area contributed by atoms with Crippen LogP contribution in [0.3, 0.4) is 0 Å². The molecule has 0 radical (unpaired) electrons. The van der Waals surface area contributed by atoms with Crippen LogP contribution in [-0.2, 0) is 10.9 Å². The molecule has 0 spiro atoms. The number of unbranched alkanes of at least 4 members (excludes halogenated alkanes) is 3. The van der Waals surface area contributed by atoms with Gasteiger partial charge in [-0.05, 0) is 31.0 Å². The van der Waals surface area contributed by atoms with Gasteiger partial charge in [0.25, 0.3) is 0 Å². The van der Waals surface area contributed by atoms with E-state index in [9.17, 15) is 18.0 Å². The van der Waals surface area contributed by atoms with Crippen LogP contribution in [0, 0.1) is 11.8 Å². The molecule has 4 nitrogen and oxygen atoms in total. The lowest BCUT2D eigenvalue weighted by molar-refractivity contribution is -0.137. The summed E-state index contributed by atoms with van der Waals surface area (Å²) >= 11 is 3.38. The minimum atomic E-state index is -4.54. The highest BCUT2D eigenvalue weighted by Gasteiger charge is 2.31. The summed E-state index contributed by atoms with van der Waals surface area (Å²) in [4.78, 5) is 10.9. The molecular formula is C18H22BrF3N2O2. The molecule has 0 saturated heterocycles. The van der Waals surface area contributed by atoms with E-state index >= 15 is 0 Å². The van der Waals surface area contributed by atoms with Gasteiger partial charge in [-0.15, -0.1) is 0 Å². The lowest BCUT2D eigenvalue weighted by Crippen LogP contribution is -2.19. The molecule has 0 aliphatic carbocycles. The predicted molar refractivity (Wildman–Crippen MR) is 99.2 cm³/mol. The van der Waals surface area contributed by atoms with Crippen molar-refractivity contribution in [1.29, 1.82) is 0 Å². The quantitative estimate of drug-likeness (QED) is 0.329. The van der Waals surface area contributed by atoms with Crippen molar-refractivity contribution in [3.63, 3.8) is 0 Å². The van der Waals surface area contributed by atoms with Gasteiger partial charge in [0, 0.05) is 29.6 Å². The van der Waals surface area contributed by atoms with Crippen LogP contribution >= 0.6 is 15.9 Å². The van der Waals surface area contributed by atoms with E-state index in [-0.39, 0.29) is 11.3 Å². The van der Waals surface area contributed by atoms with E-state index in [2.05, 4.69) is 33.1 Å². The minimum Gasteiger partial charge on any atom is -0.380 e. The second-order valence-electron chi connectivity index (χ2n) is 5.55. The average Bonchev–Trinajstić information content (AvgIpc) is 2.55. The van der Waals surface area contributed by atoms with E-state index in [4.69, 9.17) is 10.5 Å². The van der Waals surface area contributed by atoms with Crippen molar-refractivity contribution in [2.75, 3.05) is 23.9 Å². The molecule has 8 heteroatoms. The van der Waals surface area contributed by atoms with Crippen LogP contribution in [0.4, 0.5) is 23.7 Å². The molecule has 0 heterocycles. The van der Waals surface area contributed by atoms with Gasteiger partial charge in [-0.1, -0.05) is 40.6 Å². The fraction of sp³-hybridized carbons (Fsp3) is 0.500. The van der Waals surface area contributed by atoms with Crippen molar-refractivity contribution in [2.24, 2.45) is 5.73 Å². The molecule has 0 aliphatic rings. The van der Waals surface area contributed by atoms with Gasteiger partial charge in [0.15, 0.2) is 0 Å². The first-order chi connectivity index (χ1) is 12.3. The molecule has 3 N–H and O–H groups in total. The van der Waals surface area contributed by atoms with Crippen LogP contribution in [0.2, 0.25) is 0 Å². The number of carbonyl (C=O) groups excluding carboxylic acids is 1. The van der Waals surface area contributed by atoms with Crippen LogP contribution in [0.1, 0.15) is 43.2 Å². The molecule has 0 bridgehead atoms. The van der Waals surface area contributed by atoms with Crippen molar-refractivity contribution in [2.45, 2.75) is 38.3 Å². The third kappa shape index (κ3) is 9.68. The predicted octanol–water partition coefficient (Wildman–Crippen LogP) is 4.91. The Kier molecular flexibility index (Phi) is 10.1. The van der Waals surface area contributed by atoms with Gasteiger partial charge in [0.2, 0.25) is 0 Å². The summed E-state index contributed by atoms with van der Waals surface area (Å²) in [6.07, 6.45) is 0.272. The summed E-state index contributed by atoms with van der Waals surface area (Å²) in [6.45, 7) is 1.08. The number of urea groups is 1. The van der Waals surface area contributed by atoms with Crippen LogP contribution in [-0.4, -0.2) is 24.6 Å².